The summed E-state index contributed by atoms with van der Waals surface area (Å²) in [7, 11) is 0. The van der Waals surface area contributed by atoms with Crippen LogP contribution in [0.3, 0.4) is 0 Å². The summed E-state index contributed by atoms with van der Waals surface area (Å²) in [5.41, 5.74) is -0.00958. The van der Waals surface area contributed by atoms with Gasteiger partial charge in [0.15, 0.2) is 16.9 Å². The molecule has 9 nitrogen and oxygen atoms in total. The Hall–Kier alpha value is -3.11. The molecular weight excluding hydrogens is 396 g/mol. The van der Waals surface area contributed by atoms with Gasteiger partial charge in [0, 0.05) is 17.7 Å². The molecular formula is C21H20O9. The van der Waals surface area contributed by atoms with Crippen molar-refractivity contribution in [3.63, 3.8) is 0 Å². The minimum Gasteiger partial charge on any atom is -0.504 e. The third kappa shape index (κ3) is 3.37. The van der Waals surface area contributed by atoms with E-state index in [9.17, 15) is 30.3 Å². The molecule has 158 valence electrons. The third-order valence-electron chi connectivity index (χ3n) is 5.04. The first-order valence-electron chi connectivity index (χ1n) is 9.22. The largest absolute Gasteiger partial charge is 0.504 e. The van der Waals surface area contributed by atoms with Gasteiger partial charge in [-0.25, -0.2) is 0 Å². The number of aromatic hydroxyl groups is 2. The molecule has 0 unspecified atom stereocenters. The van der Waals surface area contributed by atoms with E-state index in [-0.39, 0.29) is 22.5 Å². The molecule has 0 bridgehead atoms. The lowest BCUT2D eigenvalue weighted by Crippen LogP contribution is -2.58. The molecule has 1 aliphatic rings. The van der Waals surface area contributed by atoms with Crippen molar-refractivity contribution < 1.29 is 39.4 Å². The van der Waals surface area contributed by atoms with Crippen LogP contribution in [0.1, 0.15) is 6.92 Å². The van der Waals surface area contributed by atoms with Crippen LogP contribution >= 0.6 is 0 Å². The molecule has 1 saturated heterocycles. The molecule has 0 radical (unpaired) electrons. The van der Waals surface area contributed by atoms with E-state index in [1.165, 1.54) is 19.1 Å². The van der Waals surface area contributed by atoms with Gasteiger partial charge in [0.25, 0.3) is 0 Å². The van der Waals surface area contributed by atoms with Gasteiger partial charge in [-0.1, -0.05) is 30.3 Å². The summed E-state index contributed by atoms with van der Waals surface area (Å²) in [6, 6.07) is 11.2. The maximum absolute atomic E-state index is 12.5. The predicted octanol–water partition coefficient (Wildman–Crippen LogP) is 1.08. The van der Waals surface area contributed by atoms with Gasteiger partial charge in [0.1, 0.15) is 35.0 Å². The second-order valence-electron chi connectivity index (χ2n) is 7.09. The Morgan fingerprint density at radius 1 is 0.933 bits per heavy atom. The van der Waals surface area contributed by atoms with Crippen molar-refractivity contribution in [2.24, 2.45) is 0 Å². The number of phenols is 2. The quantitative estimate of drug-likeness (QED) is 0.395. The Balaban J connectivity index is 1.77. The zero-order chi connectivity index (χ0) is 21.6. The van der Waals surface area contributed by atoms with Crippen molar-refractivity contribution >= 4 is 11.0 Å². The molecule has 3 aromatic rings. The topological polar surface area (TPSA) is 150 Å². The van der Waals surface area contributed by atoms with Crippen LogP contribution in [0.5, 0.6) is 17.2 Å². The normalized spacial score (nSPS) is 26.6. The summed E-state index contributed by atoms with van der Waals surface area (Å²) in [5, 5.41) is 50.2. The van der Waals surface area contributed by atoms with Gasteiger partial charge in [0.05, 0.1) is 6.10 Å². The minimum absolute atomic E-state index is 0.0643. The van der Waals surface area contributed by atoms with Crippen molar-refractivity contribution in [3.8, 4) is 28.6 Å². The lowest BCUT2D eigenvalue weighted by molar-refractivity contribution is -0.268. The molecule has 0 amide bonds. The second kappa shape index (κ2) is 7.62. The Morgan fingerprint density at radius 2 is 1.63 bits per heavy atom. The number of aliphatic hydroxyl groups is 3. The minimum atomic E-state index is -1.63. The van der Waals surface area contributed by atoms with Crippen LogP contribution in [-0.4, -0.2) is 56.2 Å². The Bertz CT molecular complexity index is 1120. The van der Waals surface area contributed by atoms with E-state index >= 15 is 0 Å². The van der Waals surface area contributed by atoms with Crippen LogP contribution in [0, 0.1) is 0 Å². The SMILES string of the molecule is C[C@H]1O[C@@H](Oc2cc3oc(-c4ccccc4)cc(=O)c3c(O)c2O)[C@H](O)[C@@H](O)[C@H]1O. The van der Waals surface area contributed by atoms with Crippen LogP contribution < -0.4 is 10.2 Å². The molecule has 30 heavy (non-hydrogen) atoms. The highest BCUT2D eigenvalue weighted by atomic mass is 16.7. The summed E-state index contributed by atoms with van der Waals surface area (Å²) in [4.78, 5) is 12.5. The highest BCUT2D eigenvalue weighted by Gasteiger charge is 2.43. The predicted molar refractivity (Wildman–Crippen MR) is 104 cm³/mol. The van der Waals surface area contributed by atoms with E-state index in [0.29, 0.717) is 5.56 Å². The van der Waals surface area contributed by atoms with Crippen LogP contribution in [0.15, 0.2) is 51.7 Å². The molecule has 1 aliphatic heterocycles. The Labute approximate surface area is 170 Å². The van der Waals surface area contributed by atoms with Crippen molar-refractivity contribution in [1.82, 2.24) is 0 Å². The first-order chi connectivity index (χ1) is 14.3. The lowest BCUT2D eigenvalue weighted by Gasteiger charge is -2.38. The number of aliphatic hydroxyl groups excluding tert-OH is 3. The lowest BCUT2D eigenvalue weighted by atomic mass is 10.00. The molecule has 1 fully saturated rings. The van der Waals surface area contributed by atoms with E-state index < -0.39 is 47.6 Å². The summed E-state index contributed by atoms with van der Waals surface area (Å²) >= 11 is 0. The molecule has 1 aromatic heterocycles. The van der Waals surface area contributed by atoms with Gasteiger partial charge < -0.3 is 39.4 Å². The molecule has 5 atom stereocenters. The van der Waals surface area contributed by atoms with Crippen LogP contribution in [0.4, 0.5) is 0 Å². The first-order valence-corrected chi connectivity index (χ1v) is 9.22. The summed E-state index contributed by atoms with van der Waals surface area (Å²) in [5.74, 6) is -1.61. The van der Waals surface area contributed by atoms with E-state index in [0.717, 1.165) is 0 Å². The average Bonchev–Trinajstić information content (AvgIpc) is 2.74. The maximum atomic E-state index is 12.5. The van der Waals surface area contributed by atoms with Gasteiger partial charge in [-0.15, -0.1) is 0 Å². The van der Waals surface area contributed by atoms with Gasteiger partial charge >= 0.3 is 0 Å². The number of hydrogen-bond donors (Lipinski definition) is 5. The fraction of sp³-hybridized carbons (Fsp3) is 0.286. The molecule has 2 aromatic carbocycles. The molecule has 4 rings (SSSR count). The van der Waals surface area contributed by atoms with Gasteiger partial charge in [0.2, 0.25) is 12.0 Å². The van der Waals surface area contributed by atoms with Crippen molar-refractivity contribution in [1.29, 1.82) is 0 Å². The van der Waals surface area contributed by atoms with Gasteiger partial charge in [-0.3, -0.25) is 4.79 Å². The van der Waals surface area contributed by atoms with Crippen molar-refractivity contribution in [3.05, 3.63) is 52.7 Å². The van der Waals surface area contributed by atoms with Crippen molar-refractivity contribution in [2.45, 2.75) is 37.6 Å². The highest BCUT2D eigenvalue weighted by Crippen LogP contribution is 2.42. The van der Waals surface area contributed by atoms with E-state index in [1.54, 1.807) is 30.3 Å². The van der Waals surface area contributed by atoms with Gasteiger partial charge in [-0.05, 0) is 6.92 Å². The summed E-state index contributed by atoms with van der Waals surface area (Å²) < 4.78 is 16.5. The number of ether oxygens (including phenoxy) is 2. The zero-order valence-electron chi connectivity index (χ0n) is 15.8. The molecule has 2 heterocycles. The maximum Gasteiger partial charge on any atom is 0.229 e. The Morgan fingerprint density at radius 3 is 2.33 bits per heavy atom. The number of fused-ring (bicyclic) bond motifs is 1. The van der Waals surface area contributed by atoms with Crippen LogP contribution in [0.25, 0.3) is 22.3 Å². The molecule has 0 saturated carbocycles. The summed E-state index contributed by atoms with van der Waals surface area (Å²) in [6.07, 6.45) is -6.82. The third-order valence-corrected chi connectivity index (χ3v) is 5.04. The standard InChI is InChI=1S/C21H20O9/c1-9-16(23)19(26)20(27)21(28-9)30-14-8-13-15(18(25)17(14)24)11(22)7-12(29-13)10-5-3-2-4-6-10/h2-9,16,19-21,23-27H,1H3/t9-,16+,19+,20-,21+/m1/s1. The smallest absolute Gasteiger partial charge is 0.229 e. The zero-order valence-corrected chi connectivity index (χ0v) is 15.8. The molecule has 9 heteroatoms. The van der Waals surface area contributed by atoms with E-state index in [2.05, 4.69) is 0 Å². The van der Waals surface area contributed by atoms with E-state index in [4.69, 9.17) is 13.9 Å². The fourth-order valence-electron chi connectivity index (χ4n) is 3.34. The van der Waals surface area contributed by atoms with Crippen LogP contribution in [0.2, 0.25) is 0 Å². The summed E-state index contributed by atoms with van der Waals surface area (Å²) in [6.45, 7) is 1.47. The molecule has 5 N–H and O–H groups in total. The number of hydrogen-bond acceptors (Lipinski definition) is 9. The molecule has 0 spiro atoms. The Kier molecular flexibility index (Phi) is 5.12. The fourth-order valence-corrected chi connectivity index (χ4v) is 3.34. The average molecular weight is 416 g/mol. The highest BCUT2D eigenvalue weighted by molar-refractivity contribution is 5.89. The first kappa shape index (κ1) is 20.2. The molecule has 0 aliphatic carbocycles. The van der Waals surface area contributed by atoms with Crippen molar-refractivity contribution in [2.75, 3.05) is 0 Å². The van der Waals surface area contributed by atoms with Gasteiger partial charge in [-0.2, -0.15) is 0 Å². The number of benzene rings is 2. The number of phenolic OH excluding ortho intramolecular Hbond substituents is 2. The van der Waals surface area contributed by atoms with Crippen LogP contribution in [-0.2, 0) is 4.74 Å². The monoisotopic (exact) mass is 416 g/mol. The van der Waals surface area contributed by atoms with E-state index in [1.807, 2.05) is 0 Å². The second-order valence-corrected chi connectivity index (χ2v) is 7.09. The number of rotatable bonds is 3.